The highest BCUT2D eigenvalue weighted by Crippen LogP contribution is 2.11. The van der Waals surface area contributed by atoms with Crippen LogP contribution in [-0.4, -0.2) is 58.0 Å². The first kappa shape index (κ1) is 14.9. The molecule has 4 N–H and O–H groups in total. The summed E-state index contributed by atoms with van der Waals surface area (Å²) in [5.41, 5.74) is 2.30. The Morgan fingerprint density at radius 3 is 3.00 bits per heavy atom. The smallest absolute Gasteiger partial charge is 0.287 e. The van der Waals surface area contributed by atoms with E-state index < -0.39 is 5.91 Å². The van der Waals surface area contributed by atoms with E-state index in [0.717, 1.165) is 32.7 Å². The van der Waals surface area contributed by atoms with Crippen LogP contribution < -0.4 is 16.6 Å². The zero-order valence-corrected chi connectivity index (χ0v) is 11.9. The first-order valence-electron chi connectivity index (χ1n) is 7.10. The molecule has 0 aliphatic carbocycles. The number of piperidine rings is 1. The van der Waals surface area contributed by atoms with E-state index in [2.05, 4.69) is 32.9 Å². The van der Waals surface area contributed by atoms with Gasteiger partial charge in [0.2, 0.25) is 0 Å². The van der Waals surface area contributed by atoms with Crippen molar-refractivity contribution in [2.24, 2.45) is 5.84 Å². The molecule has 1 amide bonds. The second-order valence-electron chi connectivity index (χ2n) is 4.95. The van der Waals surface area contributed by atoms with Gasteiger partial charge in [0.15, 0.2) is 5.69 Å². The molecule has 1 aliphatic heterocycles. The molecule has 1 aliphatic rings. The van der Waals surface area contributed by atoms with E-state index in [1.165, 1.54) is 12.8 Å². The molecule has 0 radical (unpaired) electrons. The molecule has 0 atom stereocenters. The van der Waals surface area contributed by atoms with Crippen LogP contribution in [0, 0.1) is 0 Å². The van der Waals surface area contributed by atoms with Gasteiger partial charge >= 0.3 is 0 Å². The summed E-state index contributed by atoms with van der Waals surface area (Å²) in [5.74, 6) is 4.65. The van der Waals surface area contributed by atoms with Crippen molar-refractivity contribution < 1.29 is 4.79 Å². The second kappa shape index (κ2) is 7.32. The average Bonchev–Trinajstić information content (AvgIpc) is 2.97. The van der Waals surface area contributed by atoms with Crippen molar-refractivity contribution in [2.45, 2.75) is 32.4 Å². The molecule has 1 aromatic heterocycles. The van der Waals surface area contributed by atoms with Gasteiger partial charge in [-0.15, -0.1) is 5.10 Å². The van der Waals surface area contributed by atoms with Crippen molar-refractivity contribution in [1.82, 2.24) is 30.6 Å². The van der Waals surface area contributed by atoms with Gasteiger partial charge in [-0.05, 0) is 32.5 Å². The predicted octanol–water partition coefficient (Wildman–Crippen LogP) is -1.04. The topological polar surface area (TPSA) is 101 Å². The van der Waals surface area contributed by atoms with Crippen molar-refractivity contribution in [3.05, 3.63) is 11.9 Å². The van der Waals surface area contributed by atoms with Crippen LogP contribution in [0.25, 0.3) is 0 Å². The number of carbonyl (C=O) groups is 1. The van der Waals surface area contributed by atoms with Gasteiger partial charge in [-0.3, -0.25) is 19.8 Å². The number of nitrogens with one attached hydrogen (secondary N) is 2. The lowest BCUT2D eigenvalue weighted by molar-refractivity contribution is 0.0948. The monoisotopic (exact) mass is 281 g/mol. The maximum atomic E-state index is 11.3. The Hall–Kier alpha value is -1.51. The van der Waals surface area contributed by atoms with Gasteiger partial charge in [-0.25, -0.2) is 5.84 Å². The molecule has 1 saturated heterocycles. The zero-order valence-electron chi connectivity index (χ0n) is 11.9. The first-order chi connectivity index (χ1) is 9.74. The number of hydrogen-bond acceptors (Lipinski definition) is 6. The summed E-state index contributed by atoms with van der Waals surface area (Å²) in [6, 6.07) is 0.636. The first-order valence-corrected chi connectivity index (χ1v) is 7.10. The van der Waals surface area contributed by atoms with Crippen molar-refractivity contribution >= 4 is 5.91 Å². The lowest BCUT2D eigenvalue weighted by Gasteiger charge is -2.33. The minimum Gasteiger partial charge on any atom is -0.317 e. The summed E-state index contributed by atoms with van der Waals surface area (Å²) in [5, 5.41) is 11.1. The van der Waals surface area contributed by atoms with E-state index in [1.54, 1.807) is 10.9 Å². The number of carbonyl (C=O) groups excluding carboxylic acids is 1. The van der Waals surface area contributed by atoms with Gasteiger partial charge in [-0.1, -0.05) is 12.1 Å². The van der Waals surface area contributed by atoms with E-state index in [9.17, 15) is 4.79 Å². The molecular formula is C12H23N7O. The van der Waals surface area contributed by atoms with Crippen molar-refractivity contribution in [3.63, 3.8) is 0 Å². The quantitative estimate of drug-likeness (QED) is 0.350. The minimum atomic E-state index is -0.415. The van der Waals surface area contributed by atoms with Crippen LogP contribution in [0.5, 0.6) is 0 Å². The molecule has 0 unspecified atom stereocenters. The van der Waals surface area contributed by atoms with Crippen molar-refractivity contribution in [1.29, 1.82) is 0 Å². The maximum absolute atomic E-state index is 11.3. The zero-order chi connectivity index (χ0) is 14.4. The highest BCUT2D eigenvalue weighted by molar-refractivity contribution is 5.91. The molecule has 0 aromatic carbocycles. The van der Waals surface area contributed by atoms with Crippen LogP contribution in [0.1, 0.15) is 30.3 Å². The third-order valence-corrected chi connectivity index (χ3v) is 3.75. The molecule has 8 nitrogen and oxygen atoms in total. The second-order valence-corrected chi connectivity index (χ2v) is 4.95. The number of likely N-dealkylation sites (N-methyl/N-ethyl adjacent to an activating group) is 1. The maximum Gasteiger partial charge on any atom is 0.287 e. The Morgan fingerprint density at radius 1 is 1.60 bits per heavy atom. The molecule has 8 heteroatoms. The molecule has 1 aromatic rings. The average molecular weight is 281 g/mol. The predicted molar refractivity (Wildman–Crippen MR) is 74.8 cm³/mol. The fourth-order valence-electron chi connectivity index (χ4n) is 2.59. The third kappa shape index (κ3) is 3.75. The van der Waals surface area contributed by atoms with Gasteiger partial charge in [0.05, 0.1) is 12.7 Å². The molecule has 0 bridgehead atoms. The number of rotatable bonds is 6. The van der Waals surface area contributed by atoms with E-state index in [0.29, 0.717) is 6.04 Å². The molecule has 20 heavy (non-hydrogen) atoms. The Morgan fingerprint density at radius 2 is 2.35 bits per heavy atom. The highest BCUT2D eigenvalue weighted by Gasteiger charge is 2.19. The van der Waals surface area contributed by atoms with Gasteiger partial charge in [0, 0.05) is 12.6 Å². The number of nitrogens with zero attached hydrogens (tertiary/aromatic N) is 4. The van der Waals surface area contributed by atoms with Gasteiger partial charge in [-0.2, -0.15) is 0 Å². The molecule has 112 valence electrons. The summed E-state index contributed by atoms with van der Waals surface area (Å²) in [6.45, 7) is 7.01. The lowest BCUT2D eigenvalue weighted by atomic mass is 10.0. The number of hydrazine groups is 1. The van der Waals surface area contributed by atoms with Crippen LogP contribution in [0.4, 0.5) is 0 Å². The molecule has 0 spiro atoms. The van der Waals surface area contributed by atoms with Gasteiger partial charge in [0.25, 0.3) is 5.91 Å². The minimum absolute atomic E-state index is 0.248. The summed E-state index contributed by atoms with van der Waals surface area (Å²) in [7, 11) is 0. The Bertz CT molecular complexity index is 427. The summed E-state index contributed by atoms with van der Waals surface area (Å²) in [4.78, 5) is 13.8. The number of nitrogens with two attached hydrogens (primary N) is 1. The normalized spacial score (nSPS) is 16.6. The number of aromatic nitrogens is 3. The molecular weight excluding hydrogens is 258 g/mol. The SMILES string of the molecule is CCN(CCn1cc(C(=O)NN)nn1)C1CCNCC1. The van der Waals surface area contributed by atoms with Crippen LogP contribution in [-0.2, 0) is 6.54 Å². The van der Waals surface area contributed by atoms with Gasteiger partial charge in [0.1, 0.15) is 0 Å². The Balaban J connectivity index is 1.86. The summed E-state index contributed by atoms with van der Waals surface area (Å²) >= 11 is 0. The van der Waals surface area contributed by atoms with Crippen molar-refractivity contribution in [3.8, 4) is 0 Å². The number of nitrogen functional groups attached to an aromatic ring is 1. The van der Waals surface area contributed by atoms with E-state index in [4.69, 9.17) is 5.84 Å². The lowest BCUT2D eigenvalue weighted by Crippen LogP contribution is -2.44. The standard InChI is InChI=1S/C12H23N7O/c1-2-18(10-3-5-14-6-4-10)7-8-19-9-11(16-17-19)12(20)15-13/h9-10,14H,2-8,13H2,1H3,(H,15,20). The fourth-order valence-corrected chi connectivity index (χ4v) is 2.59. The van der Waals surface area contributed by atoms with Gasteiger partial charge < -0.3 is 5.32 Å². The van der Waals surface area contributed by atoms with E-state index in [-0.39, 0.29) is 5.69 Å². The molecule has 2 heterocycles. The van der Waals surface area contributed by atoms with Crippen LogP contribution in [0.3, 0.4) is 0 Å². The Kier molecular flexibility index (Phi) is 5.45. The Labute approximate surface area is 118 Å². The largest absolute Gasteiger partial charge is 0.317 e. The van der Waals surface area contributed by atoms with Crippen LogP contribution in [0.2, 0.25) is 0 Å². The number of hydrogen-bond donors (Lipinski definition) is 3. The summed E-state index contributed by atoms with van der Waals surface area (Å²) in [6.07, 6.45) is 4.00. The fraction of sp³-hybridized carbons (Fsp3) is 0.750. The van der Waals surface area contributed by atoms with Crippen molar-refractivity contribution in [2.75, 3.05) is 26.2 Å². The molecule has 2 rings (SSSR count). The summed E-state index contributed by atoms with van der Waals surface area (Å²) < 4.78 is 1.69. The molecule has 1 fully saturated rings. The van der Waals surface area contributed by atoms with Crippen LogP contribution in [0.15, 0.2) is 6.20 Å². The highest BCUT2D eigenvalue weighted by atomic mass is 16.2. The molecule has 0 saturated carbocycles. The van der Waals surface area contributed by atoms with E-state index >= 15 is 0 Å². The third-order valence-electron chi connectivity index (χ3n) is 3.75. The number of amides is 1. The van der Waals surface area contributed by atoms with E-state index in [1.807, 2.05) is 0 Å². The van der Waals surface area contributed by atoms with Crippen LogP contribution >= 0.6 is 0 Å².